The number of nitrogens with zero attached hydrogens (tertiary/aromatic N) is 1. The molecule has 0 aliphatic heterocycles. The third kappa shape index (κ3) is 2.76. The van der Waals surface area contributed by atoms with Crippen molar-refractivity contribution in [3.05, 3.63) is 0 Å². The first-order valence-electron chi connectivity index (χ1n) is 6.59. The lowest BCUT2D eigenvalue weighted by molar-refractivity contribution is 0.0260. The first-order chi connectivity index (χ1) is 7.70. The molecule has 1 rings (SSSR count). The molecule has 0 saturated heterocycles. The van der Waals surface area contributed by atoms with Crippen LogP contribution < -0.4 is 0 Å². The maximum Gasteiger partial charge on any atom is 0.129 e. The molecule has 1 aliphatic rings. The highest BCUT2D eigenvalue weighted by Gasteiger charge is 2.37. The summed E-state index contributed by atoms with van der Waals surface area (Å²) >= 11 is 0. The minimum absolute atomic E-state index is 0.303. The molecule has 94 valence electrons. The molecule has 1 fully saturated rings. The Labute approximate surface area is 99.7 Å². The smallest absolute Gasteiger partial charge is 0.129 e. The molecule has 1 N–H and O–H groups in total. The van der Waals surface area contributed by atoms with Crippen LogP contribution in [0.5, 0.6) is 0 Å². The number of rotatable bonds is 4. The summed E-state index contributed by atoms with van der Waals surface area (Å²) in [6.45, 7) is 6.02. The lowest BCUT2D eigenvalue weighted by atomic mass is 9.91. The Morgan fingerprint density at radius 1 is 1.12 bits per heavy atom. The second-order valence-corrected chi connectivity index (χ2v) is 4.63. The van der Waals surface area contributed by atoms with Gasteiger partial charge in [-0.15, -0.1) is 0 Å². The van der Waals surface area contributed by atoms with Gasteiger partial charge in [0.2, 0.25) is 0 Å². The molecule has 0 heterocycles. The Morgan fingerprint density at radius 2 is 1.62 bits per heavy atom. The van der Waals surface area contributed by atoms with Crippen molar-refractivity contribution < 1.29 is 4.74 Å². The van der Waals surface area contributed by atoms with E-state index in [-0.39, 0.29) is 5.60 Å². The lowest BCUT2D eigenvalue weighted by Gasteiger charge is -2.37. The average molecular weight is 226 g/mol. The minimum atomic E-state index is -0.303. The molecule has 16 heavy (non-hydrogen) atoms. The highest BCUT2D eigenvalue weighted by molar-refractivity contribution is 5.88. The zero-order valence-electron chi connectivity index (χ0n) is 11.0. The second-order valence-electron chi connectivity index (χ2n) is 4.63. The summed E-state index contributed by atoms with van der Waals surface area (Å²) in [5.74, 6) is 0.696. The maximum atomic E-state index is 8.39. The van der Waals surface area contributed by atoms with Gasteiger partial charge in [-0.25, -0.2) is 0 Å². The first-order valence-corrected chi connectivity index (χ1v) is 6.59. The zero-order valence-corrected chi connectivity index (χ0v) is 11.0. The van der Waals surface area contributed by atoms with Gasteiger partial charge in [0.05, 0.1) is 0 Å². The predicted octanol–water partition coefficient (Wildman–Crippen LogP) is 3.04. The van der Waals surface area contributed by atoms with Gasteiger partial charge in [-0.1, -0.05) is 25.7 Å². The van der Waals surface area contributed by atoms with Crippen molar-refractivity contribution in [2.24, 2.45) is 0 Å². The van der Waals surface area contributed by atoms with Crippen LogP contribution in [0.4, 0.5) is 0 Å². The fourth-order valence-electron chi connectivity index (χ4n) is 2.67. The average Bonchev–Trinajstić information content (AvgIpc) is 2.56. The van der Waals surface area contributed by atoms with Crippen LogP contribution in [-0.4, -0.2) is 36.5 Å². The predicted molar refractivity (Wildman–Crippen MR) is 68.1 cm³/mol. The van der Waals surface area contributed by atoms with E-state index in [1.807, 2.05) is 0 Å². The van der Waals surface area contributed by atoms with Crippen molar-refractivity contribution in [1.82, 2.24) is 4.90 Å². The van der Waals surface area contributed by atoms with Crippen LogP contribution in [0.15, 0.2) is 0 Å². The molecule has 0 aromatic carbocycles. The van der Waals surface area contributed by atoms with E-state index in [0.717, 1.165) is 25.9 Å². The quantitative estimate of drug-likeness (QED) is 0.454. The fraction of sp³-hybridized carbons (Fsp3) is 0.923. The Bertz CT molecular complexity index is 216. The number of hydrogen-bond acceptors (Lipinski definition) is 2. The van der Waals surface area contributed by atoms with Gasteiger partial charge >= 0.3 is 0 Å². The van der Waals surface area contributed by atoms with Crippen molar-refractivity contribution >= 4 is 5.84 Å². The summed E-state index contributed by atoms with van der Waals surface area (Å²) < 4.78 is 5.74. The normalized spacial score (nSPS) is 20.2. The standard InChI is InChI=1S/C13H26N2O/c1-4-15(5-2)12(14)13(16-3)10-8-6-7-9-11-13/h14H,4-11H2,1-3H3. The van der Waals surface area contributed by atoms with Crippen LogP contribution in [0.3, 0.4) is 0 Å². The number of likely N-dealkylation sites (N-methyl/N-ethyl adjacent to an activating group) is 1. The maximum absolute atomic E-state index is 8.39. The van der Waals surface area contributed by atoms with Crippen LogP contribution in [0, 0.1) is 5.41 Å². The van der Waals surface area contributed by atoms with Crippen LogP contribution in [-0.2, 0) is 4.74 Å². The Morgan fingerprint density at radius 3 is 2.00 bits per heavy atom. The SMILES string of the molecule is CCN(CC)C(=N)C1(OC)CCCCCC1. The van der Waals surface area contributed by atoms with E-state index >= 15 is 0 Å². The van der Waals surface area contributed by atoms with Gasteiger partial charge in [0.25, 0.3) is 0 Å². The first kappa shape index (κ1) is 13.5. The molecular formula is C13H26N2O. The lowest BCUT2D eigenvalue weighted by Crippen LogP contribution is -2.49. The Balaban J connectivity index is 2.80. The summed E-state index contributed by atoms with van der Waals surface area (Å²) in [7, 11) is 1.77. The van der Waals surface area contributed by atoms with Gasteiger partial charge in [-0.05, 0) is 26.7 Å². The van der Waals surface area contributed by atoms with Gasteiger partial charge in [0, 0.05) is 20.2 Å². The Kier molecular flexibility index (Phi) is 5.26. The van der Waals surface area contributed by atoms with E-state index in [9.17, 15) is 0 Å². The van der Waals surface area contributed by atoms with Gasteiger partial charge in [-0.3, -0.25) is 5.41 Å². The van der Waals surface area contributed by atoms with Crippen LogP contribution in [0.1, 0.15) is 52.4 Å². The zero-order chi connectivity index (χ0) is 12.0. The molecule has 0 aromatic heterocycles. The molecule has 0 bridgehead atoms. The van der Waals surface area contributed by atoms with E-state index in [0.29, 0.717) is 5.84 Å². The molecule has 3 heteroatoms. The second kappa shape index (κ2) is 6.24. The van der Waals surface area contributed by atoms with Crippen LogP contribution >= 0.6 is 0 Å². The monoisotopic (exact) mass is 226 g/mol. The number of amidine groups is 1. The van der Waals surface area contributed by atoms with Crippen molar-refractivity contribution in [2.75, 3.05) is 20.2 Å². The van der Waals surface area contributed by atoms with Gasteiger partial charge in [-0.2, -0.15) is 0 Å². The summed E-state index contributed by atoms with van der Waals surface area (Å²) in [4.78, 5) is 2.12. The van der Waals surface area contributed by atoms with E-state index in [2.05, 4.69) is 18.7 Å². The molecule has 0 radical (unpaired) electrons. The molecule has 0 spiro atoms. The van der Waals surface area contributed by atoms with Crippen molar-refractivity contribution in [3.8, 4) is 0 Å². The number of nitrogens with one attached hydrogen (secondary N) is 1. The third-order valence-electron chi connectivity index (χ3n) is 3.81. The highest BCUT2D eigenvalue weighted by Crippen LogP contribution is 2.31. The molecule has 1 aliphatic carbocycles. The summed E-state index contributed by atoms with van der Waals surface area (Å²) in [6.07, 6.45) is 6.99. The van der Waals surface area contributed by atoms with Crippen molar-refractivity contribution in [3.63, 3.8) is 0 Å². The van der Waals surface area contributed by atoms with E-state index in [1.54, 1.807) is 7.11 Å². The molecule has 0 amide bonds. The molecule has 0 unspecified atom stereocenters. The molecule has 3 nitrogen and oxygen atoms in total. The molecule has 1 saturated carbocycles. The van der Waals surface area contributed by atoms with E-state index in [4.69, 9.17) is 10.1 Å². The third-order valence-corrected chi connectivity index (χ3v) is 3.81. The van der Waals surface area contributed by atoms with E-state index < -0.39 is 0 Å². The van der Waals surface area contributed by atoms with Gasteiger partial charge in [0.15, 0.2) is 0 Å². The molecule has 0 atom stereocenters. The summed E-state index contributed by atoms with van der Waals surface area (Å²) in [5, 5.41) is 8.39. The van der Waals surface area contributed by atoms with Gasteiger partial charge in [0.1, 0.15) is 11.4 Å². The molecule has 0 aromatic rings. The van der Waals surface area contributed by atoms with Crippen molar-refractivity contribution in [2.45, 2.75) is 58.0 Å². The van der Waals surface area contributed by atoms with Crippen molar-refractivity contribution in [1.29, 1.82) is 5.41 Å². The minimum Gasteiger partial charge on any atom is -0.370 e. The van der Waals surface area contributed by atoms with Crippen LogP contribution in [0.25, 0.3) is 0 Å². The Hall–Kier alpha value is -0.570. The number of ether oxygens (including phenoxy) is 1. The van der Waals surface area contributed by atoms with Crippen LogP contribution in [0.2, 0.25) is 0 Å². The van der Waals surface area contributed by atoms with Gasteiger partial charge < -0.3 is 9.64 Å². The topological polar surface area (TPSA) is 36.3 Å². The molecular weight excluding hydrogens is 200 g/mol. The number of methoxy groups -OCH3 is 1. The van der Waals surface area contributed by atoms with E-state index in [1.165, 1.54) is 25.7 Å². The number of hydrogen-bond donors (Lipinski definition) is 1. The summed E-state index contributed by atoms with van der Waals surface area (Å²) in [6, 6.07) is 0. The highest BCUT2D eigenvalue weighted by atomic mass is 16.5. The largest absolute Gasteiger partial charge is 0.370 e. The summed E-state index contributed by atoms with van der Waals surface area (Å²) in [5.41, 5.74) is -0.303. The fourth-order valence-corrected chi connectivity index (χ4v) is 2.67.